The van der Waals surface area contributed by atoms with Gasteiger partial charge in [-0.15, -0.1) is 0 Å². The number of nitrogens with one attached hydrogen (secondary N) is 1. The Morgan fingerprint density at radius 1 is 1.07 bits per heavy atom. The Labute approximate surface area is 162 Å². The molecule has 1 fully saturated rings. The van der Waals surface area contributed by atoms with E-state index in [0.29, 0.717) is 0 Å². The van der Waals surface area contributed by atoms with Crippen molar-refractivity contribution in [2.24, 2.45) is 0 Å². The van der Waals surface area contributed by atoms with Crippen molar-refractivity contribution < 1.29 is 26.7 Å². The van der Waals surface area contributed by atoms with Gasteiger partial charge in [0.15, 0.2) is 11.6 Å². The third-order valence-corrected chi connectivity index (χ3v) is 6.13. The molecule has 1 N–H and O–H groups in total. The Bertz CT molecular complexity index is 987. The van der Waals surface area contributed by atoms with Crippen LogP contribution in [0.15, 0.2) is 47.4 Å². The molecule has 6 nitrogen and oxygen atoms in total. The first-order chi connectivity index (χ1) is 13.2. The van der Waals surface area contributed by atoms with Gasteiger partial charge in [-0.2, -0.15) is 4.31 Å². The van der Waals surface area contributed by atoms with Gasteiger partial charge in [0.25, 0.3) is 5.91 Å². The zero-order valence-electron chi connectivity index (χ0n) is 15.4. The lowest BCUT2D eigenvalue weighted by atomic mass is 10.2. The molecule has 0 saturated carbocycles. The van der Waals surface area contributed by atoms with Crippen LogP contribution in [0.3, 0.4) is 0 Å². The Morgan fingerprint density at radius 2 is 1.75 bits per heavy atom. The van der Waals surface area contributed by atoms with Gasteiger partial charge in [0.1, 0.15) is 0 Å². The van der Waals surface area contributed by atoms with E-state index in [1.54, 1.807) is 13.8 Å². The number of morpholine rings is 1. The number of ether oxygens (including phenoxy) is 1. The first kappa shape index (κ1) is 20.4. The lowest BCUT2D eigenvalue weighted by molar-refractivity contribution is -0.0440. The third kappa shape index (κ3) is 4.37. The Balaban J connectivity index is 1.83. The van der Waals surface area contributed by atoms with Gasteiger partial charge in [-0.3, -0.25) is 4.79 Å². The summed E-state index contributed by atoms with van der Waals surface area (Å²) in [5.41, 5.74) is 0.146. The van der Waals surface area contributed by atoms with Gasteiger partial charge in [-0.05, 0) is 44.2 Å². The number of rotatable bonds is 4. The van der Waals surface area contributed by atoms with Crippen LogP contribution in [0, 0.1) is 11.6 Å². The van der Waals surface area contributed by atoms with Gasteiger partial charge in [0, 0.05) is 30.4 Å². The zero-order chi connectivity index (χ0) is 20.5. The maximum atomic E-state index is 13.3. The van der Waals surface area contributed by atoms with E-state index in [9.17, 15) is 22.0 Å². The lowest BCUT2D eigenvalue weighted by Gasteiger charge is -2.34. The molecular formula is C19H20F2N2O4S. The summed E-state index contributed by atoms with van der Waals surface area (Å²) in [4.78, 5) is 12.4. The fraction of sp³-hybridized carbons (Fsp3) is 0.316. The van der Waals surface area contributed by atoms with Crippen LogP contribution in [-0.2, 0) is 14.8 Å². The molecule has 1 aliphatic heterocycles. The van der Waals surface area contributed by atoms with Gasteiger partial charge in [0.2, 0.25) is 10.0 Å². The minimum absolute atomic E-state index is 0.0215. The SMILES string of the molecule is C[C@H]1CN(S(=O)(=O)c2cccc(C(=O)Nc3ccc(F)c(F)c3)c2)C[C@H](C)O1. The zero-order valence-corrected chi connectivity index (χ0v) is 16.2. The molecule has 1 heterocycles. The molecule has 0 bridgehead atoms. The standard InChI is InChI=1S/C19H20F2N2O4S/c1-12-10-23(11-13(2)27-12)28(25,26)16-5-3-4-14(8-16)19(24)22-15-6-7-17(20)18(21)9-15/h3-9,12-13H,10-11H2,1-2H3,(H,22,24)/t12-,13-/m0/s1. The van der Waals surface area contributed by atoms with Crippen LogP contribution in [0.1, 0.15) is 24.2 Å². The number of carbonyl (C=O) groups is 1. The van der Waals surface area contributed by atoms with E-state index in [1.807, 2.05) is 0 Å². The molecule has 1 aliphatic rings. The molecule has 150 valence electrons. The average Bonchev–Trinajstić information content (AvgIpc) is 2.64. The Morgan fingerprint density at radius 3 is 2.39 bits per heavy atom. The van der Waals surface area contributed by atoms with Crippen molar-refractivity contribution in [3.8, 4) is 0 Å². The van der Waals surface area contributed by atoms with Gasteiger partial charge in [0.05, 0.1) is 17.1 Å². The summed E-state index contributed by atoms with van der Waals surface area (Å²) in [6, 6.07) is 8.54. The maximum absolute atomic E-state index is 13.3. The highest BCUT2D eigenvalue weighted by molar-refractivity contribution is 7.89. The number of hydrogen-bond donors (Lipinski definition) is 1. The van der Waals surface area contributed by atoms with Crippen LogP contribution in [0.5, 0.6) is 0 Å². The first-order valence-electron chi connectivity index (χ1n) is 8.69. The molecule has 0 aromatic heterocycles. The van der Waals surface area contributed by atoms with E-state index in [1.165, 1.54) is 34.6 Å². The average molecular weight is 410 g/mol. The van der Waals surface area contributed by atoms with Gasteiger partial charge >= 0.3 is 0 Å². The Kier molecular flexibility index (Phi) is 5.78. The highest BCUT2D eigenvalue weighted by Crippen LogP contribution is 2.22. The first-order valence-corrected chi connectivity index (χ1v) is 10.1. The van der Waals surface area contributed by atoms with E-state index in [4.69, 9.17) is 4.74 Å². The summed E-state index contributed by atoms with van der Waals surface area (Å²) in [6.45, 7) is 4.03. The number of carbonyl (C=O) groups excluding carboxylic acids is 1. The van der Waals surface area contributed by atoms with Gasteiger partial charge in [-0.25, -0.2) is 17.2 Å². The highest BCUT2D eigenvalue weighted by atomic mass is 32.2. The molecule has 28 heavy (non-hydrogen) atoms. The fourth-order valence-electron chi connectivity index (χ4n) is 3.05. The second kappa shape index (κ2) is 7.94. The predicted octanol–water partition coefficient (Wildman–Crippen LogP) is 3.02. The van der Waals surface area contributed by atoms with Gasteiger partial charge < -0.3 is 10.1 Å². The van der Waals surface area contributed by atoms with Crippen molar-refractivity contribution in [1.29, 1.82) is 0 Å². The smallest absolute Gasteiger partial charge is 0.255 e. The minimum Gasteiger partial charge on any atom is -0.373 e. The number of sulfonamides is 1. The van der Waals surface area contributed by atoms with E-state index in [0.717, 1.165) is 12.1 Å². The second-order valence-electron chi connectivity index (χ2n) is 6.69. The maximum Gasteiger partial charge on any atom is 0.255 e. The predicted molar refractivity (Wildman–Crippen MR) is 99.5 cm³/mol. The van der Waals surface area contributed by atoms with Crippen LogP contribution < -0.4 is 5.32 Å². The number of hydrogen-bond acceptors (Lipinski definition) is 4. The topological polar surface area (TPSA) is 75.7 Å². The van der Waals surface area contributed by atoms with Crippen LogP contribution in [0.4, 0.5) is 14.5 Å². The lowest BCUT2D eigenvalue weighted by Crippen LogP contribution is -2.48. The summed E-state index contributed by atoms with van der Waals surface area (Å²) in [5.74, 6) is -2.75. The molecule has 2 aromatic carbocycles. The minimum atomic E-state index is -3.81. The molecule has 2 aromatic rings. The van der Waals surface area contributed by atoms with Crippen LogP contribution in [-0.4, -0.2) is 43.9 Å². The molecule has 0 radical (unpaired) electrons. The molecule has 0 unspecified atom stereocenters. The van der Waals surface area contributed by atoms with Crippen LogP contribution >= 0.6 is 0 Å². The molecule has 9 heteroatoms. The monoisotopic (exact) mass is 410 g/mol. The van der Waals surface area contributed by atoms with Crippen molar-refractivity contribution in [2.45, 2.75) is 31.0 Å². The van der Waals surface area contributed by atoms with E-state index in [2.05, 4.69) is 5.32 Å². The fourth-order valence-corrected chi connectivity index (χ4v) is 4.69. The molecular weight excluding hydrogens is 390 g/mol. The largest absolute Gasteiger partial charge is 0.373 e. The third-order valence-electron chi connectivity index (χ3n) is 4.30. The molecule has 3 rings (SSSR count). The molecule has 1 amide bonds. The number of amides is 1. The van der Waals surface area contributed by atoms with Crippen molar-refractivity contribution in [3.05, 3.63) is 59.7 Å². The molecule has 0 spiro atoms. The molecule has 2 atom stereocenters. The highest BCUT2D eigenvalue weighted by Gasteiger charge is 2.32. The number of anilines is 1. The molecule has 0 aliphatic carbocycles. The second-order valence-corrected chi connectivity index (χ2v) is 8.63. The number of halogens is 2. The van der Waals surface area contributed by atoms with Crippen LogP contribution in [0.2, 0.25) is 0 Å². The number of benzene rings is 2. The summed E-state index contributed by atoms with van der Waals surface area (Å²) in [5, 5.41) is 2.42. The van der Waals surface area contributed by atoms with Crippen molar-refractivity contribution in [3.63, 3.8) is 0 Å². The van der Waals surface area contributed by atoms with E-state index in [-0.39, 0.29) is 41.4 Å². The normalized spacial score (nSPS) is 20.7. The van der Waals surface area contributed by atoms with Crippen molar-refractivity contribution in [2.75, 3.05) is 18.4 Å². The Hall–Kier alpha value is -2.36. The number of nitrogens with zero attached hydrogens (tertiary/aromatic N) is 1. The summed E-state index contributed by atoms with van der Waals surface area (Å²) in [6.07, 6.45) is -0.475. The quantitative estimate of drug-likeness (QED) is 0.841. The van der Waals surface area contributed by atoms with Crippen LogP contribution in [0.25, 0.3) is 0 Å². The van der Waals surface area contributed by atoms with E-state index >= 15 is 0 Å². The van der Waals surface area contributed by atoms with Gasteiger partial charge in [-0.1, -0.05) is 6.07 Å². The van der Waals surface area contributed by atoms with Crippen molar-refractivity contribution in [1.82, 2.24) is 4.31 Å². The molecule has 1 saturated heterocycles. The van der Waals surface area contributed by atoms with E-state index < -0.39 is 27.6 Å². The summed E-state index contributed by atoms with van der Waals surface area (Å²) < 4.78 is 59.1. The van der Waals surface area contributed by atoms with Crippen molar-refractivity contribution >= 4 is 21.6 Å². The summed E-state index contributed by atoms with van der Waals surface area (Å²) >= 11 is 0. The summed E-state index contributed by atoms with van der Waals surface area (Å²) in [7, 11) is -3.81.